The normalized spacial score (nSPS) is 12.9. The lowest BCUT2D eigenvalue weighted by Gasteiger charge is -2.06. The van der Waals surface area contributed by atoms with Crippen molar-refractivity contribution in [1.82, 2.24) is 4.98 Å². The minimum Gasteiger partial charge on any atom is -0.328 e. The molecule has 1 aromatic heterocycles. The minimum atomic E-state index is -0.0767. The van der Waals surface area contributed by atoms with Crippen molar-refractivity contribution in [2.45, 2.75) is 19.4 Å². The number of nitrogens with two attached hydrogens (primary N) is 1. The molecule has 3 N–H and O–H groups in total. The molecule has 0 aliphatic heterocycles. The molecule has 1 unspecified atom stereocenters. The molecule has 4 heteroatoms. The summed E-state index contributed by atoms with van der Waals surface area (Å²) in [5.41, 5.74) is 7.10. The second-order valence-electron chi connectivity index (χ2n) is 4.04. The van der Waals surface area contributed by atoms with Crippen molar-refractivity contribution in [3.05, 3.63) is 45.2 Å². The number of pyridine rings is 1. The maximum absolute atomic E-state index is 11.7. The topological polar surface area (TPSA) is 58.9 Å². The first-order valence-corrected chi connectivity index (χ1v) is 5.51. The highest BCUT2D eigenvalue weighted by molar-refractivity contribution is 6.31. The van der Waals surface area contributed by atoms with Crippen LogP contribution in [0, 0.1) is 0 Å². The summed E-state index contributed by atoms with van der Waals surface area (Å²) in [6.07, 6.45) is 0.567. The van der Waals surface area contributed by atoms with Gasteiger partial charge in [-0.05, 0) is 43.0 Å². The van der Waals surface area contributed by atoms with Crippen LogP contribution in [0.15, 0.2) is 29.1 Å². The first kappa shape index (κ1) is 11.2. The van der Waals surface area contributed by atoms with Crippen LogP contribution in [-0.2, 0) is 6.42 Å². The first-order valence-electron chi connectivity index (χ1n) is 5.13. The van der Waals surface area contributed by atoms with Gasteiger partial charge < -0.3 is 10.7 Å². The summed E-state index contributed by atoms with van der Waals surface area (Å²) in [6, 6.07) is 7.21. The second kappa shape index (κ2) is 4.28. The van der Waals surface area contributed by atoms with E-state index in [-0.39, 0.29) is 11.6 Å². The van der Waals surface area contributed by atoms with Gasteiger partial charge in [-0.3, -0.25) is 4.79 Å². The summed E-state index contributed by atoms with van der Waals surface area (Å²) in [7, 11) is 0. The van der Waals surface area contributed by atoms with Gasteiger partial charge in [0, 0.05) is 22.1 Å². The van der Waals surface area contributed by atoms with Gasteiger partial charge in [0.15, 0.2) is 0 Å². The summed E-state index contributed by atoms with van der Waals surface area (Å²) < 4.78 is 0. The molecular weight excluding hydrogens is 224 g/mol. The number of fused-ring (bicyclic) bond motifs is 1. The lowest BCUT2D eigenvalue weighted by atomic mass is 10.1. The van der Waals surface area contributed by atoms with E-state index in [9.17, 15) is 4.79 Å². The van der Waals surface area contributed by atoms with Crippen LogP contribution in [0.3, 0.4) is 0 Å². The summed E-state index contributed by atoms with van der Waals surface area (Å²) in [6.45, 7) is 1.88. The number of rotatable bonds is 2. The van der Waals surface area contributed by atoms with Gasteiger partial charge in [0.25, 0.3) is 5.56 Å². The first-order chi connectivity index (χ1) is 7.56. The molecule has 2 rings (SSSR count). The number of H-pyrrole nitrogens is 1. The fraction of sp³-hybridized carbons (Fsp3) is 0.250. The summed E-state index contributed by atoms with van der Waals surface area (Å²) >= 11 is 5.90. The highest BCUT2D eigenvalue weighted by atomic mass is 35.5. The van der Waals surface area contributed by atoms with Crippen molar-refractivity contribution in [1.29, 1.82) is 0 Å². The Morgan fingerprint density at radius 3 is 2.88 bits per heavy atom. The molecule has 16 heavy (non-hydrogen) atoms. The Bertz CT molecular complexity index is 575. The van der Waals surface area contributed by atoms with Crippen LogP contribution in [-0.4, -0.2) is 11.0 Å². The van der Waals surface area contributed by atoms with Gasteiger partial charge in [0.1, 0.15) is 0 Å². The summed E-state index contributed by atoms with van der Waals surface area (Å²) in [4.78, 5) is 14.5. The molecule has 0 aliphatic rings. The third-order valence-electron chi connectivity index (χ3n) is 2.43. The molecule has 0 radical (unpaired) electrons. The van der Waals surface area contributed by atoms with E-state index in [1.54, 1.807) is 12.1 Å². The summed E-state index contributed by atoms with van der Waals surface area (Å²) in [5, 5.41) is 1.59. The van der Waals surface area contributed by atoms with Gasteiger partial charge in [0.05, 0.1) is 0 Å². The second-order valence-corrected chi connectivity index (χ2v) is 4.47. The quantitative estimate of drug-likeness (QED) is 0.839. The average molecular weight is 237 g/mol. The van der Waals surface area contributed by atoms with Gasteiger partial charge >= 0.3 is 0 Å². The van der Waals surface area contributed by atoms with Crippen molar-refractivity contribution in [2.75, 3.05) is 0 Å². The van der Waals surface area contributed by atoms with Crippen LogP contribution in [0.5, 0.6) is 0 Å². The van der Waals surface area contributed by atoms with Gasteiger partial charge in [-0.25, -0.2) is 0 Å². The molecule has 0 spiro atoms. The van der Waals surface area contributed by atoms with E-state index in [1.165, 1.54) is 0 Å². The molecule has 2 aromatic rings. The highest BCUT2D eigenvalue weighted by Gasteiger charge is 2.05. The van der Waals surface area contributed by atoms with Gasteiger partial charge in [-0.15, -0.1) is 0 Å². The molecule has 1 heterocycles. The molecule has 84 valence electrons. The highest BCUT2D eigenvalue weighted by Crippen LogP contribution is 2.17. The Kier molecular flexibility index (Phi) is 2.99. The predicted octanol–water partition coefficient (Wildman–Crippen LogP) is 2.07. The Morgan fingerprint density at radius 2 is 2.19 bits per heavy atom. The van der Waals surface area contributed by atoms with Crippen LogP contribution in [0.4, 0.5) is 0 Å². The number of hydrogen-bond donors (Lipinski definition) is 2. The van der Waals surface area contributed by atoms with Crippen molar-refractivity contribution < 1.29 is 0 Å². The van der Waals surface area contributed by atoms with Crippen LogP contribution >= 0.6 is 11.6 Å². The van der Waals surface area contributed by atoms with Crippen molar-refractivity contribution >= 4 is 22.5 Å². The zero-order chi connectivity index (χ0) is 11.7. The number of nitrogens with one attached hydrogen (secondary N) is 1. The lowest BCUT2D eigenvalue weighted by Crippen LogP contribution is -2.23. The molecule has 1 atom stereocenters. The van der Waals surface area contributed by atoms with E-state index in [0.29, 0.717) is 17.0 Å². The number of aromatic amines is 1. The standard InChI is InChI=1S/C12H13ClN2O/c1-7(14)4-9-5-8-6-10(13)2-3-11(8)15-12(9)16/h2-3,5-7H,4,14H2,1H3,(H,15,16). The Balaban J connectivity index is 2.60. The molecule has 1 aromatic carbocycles. The van der Waals surface area contributed by atoms with E-state index in [4.69, 9.17) is 17.3 Å². The number of benzene rings is 1. The zero-order valence-electron chi connectivity index (χ0n) is 8.96. The number of hydrogen-bond acceptors (Lipinski definition) is 2. The molecule has 0 amide bonds. The fourth-order valence-electron chi connectivity index (χ4n) is 1.72. The zero-order valence-corrected chi connectivity index (χ0v) is 9.71. The van der Waals surface area contributed by atoms with Crippen molar-refractivity contribution in [3.63, 3.8) is 0 Å². The maximum Gasteiger partial charge on any atom is 0.251 e. The molecule has 0 fully saturated rings. The van der Waals surface area contributed by atoms with E-state index < -0.39 is 0 Å². The van der Waals surface area contributed by atoms with E-state index in [0.717, 1.165) is 10.9 Å². The van der Waals surface area contributed by atoms with E-state index in [1.807, 2.05) is 19.1 Å². The average Bonchev–Trinajstić information content (AvgIpc) is 2.19. The van der Waals surface area contributed by atoms with Crippen molar-refractivity contribution in [2.24, 2.45) is 5.73 Å². The molecule has 0 saturated heterocycles. The minimum absolute atomic E-state index is 0.0299. The SMILES string of the molecule is CC(N)Cc1cc2cc(Cl)ccc2[nH]c1=O. The smallest absolute Gasteiger partial charge is 0.251 e. The van der Waals surface area contributed by atoms with Gasteiger partial charge in [-0.2, -0.15) is 0 Å². The maximum atomic E-state index is 11.7. The lowest BCUT2D eigenvalue weighted by molar-refractivity contribution is 0.732. The predicted molar refractivity (Wildman–Crippen MR) is 66.9 cm³/mol. The molecular formula is C12H13ClN2O. The number of aromatic nitrogens is 1. The largest absolute Gasteiger partial charge is 0.328 e. The van der Waals surface area contributed by atoms with Crippen LogP contribution in [0.1, 0.15) is 12.5 Å². The van der Waals surface area contributed by atoms with E-state index in [2.05, 4.69) is 4.98 Å². The number of halogens is 1. The molecule has 3 nitrogen and oxygen atoms in total. The third-order valence-corrected chi connectivity index (χ3v) is 2.66. The molecule has 0 aliphatic carbocycles. The third kappa shape index (κ3) is 2.26. The Hall–Kier alpha value is -1.32. The van der Waals surface area contributed by atoms with Crippen molar-refractivity contribution in [3.8, 4) is 0 Å². The van der Waals surface area contributed by atoms with Crippen LogP contribution < -0.4 is 11.3 Å². The fourth-order valence-corrected chi connectivity index (χ4v) is 1.90. The van der Waals surface area contributed by atoms with Gasteiger partial charge in [-0.1, -0.05) is 11.6 Å². The molecule has 0 saturated carbocycles. The summed E-state index contributed by atoms with van der Waals surface area (Å²) in [5.74, 6) is 0. The Morgan fingerprint density at radius 1 is 1.44 bits per heavy atom. The van der Waals surface area contributed by atoms with Crippen LogP contribution in [0.2, 0.25) is 5.02 Å². The van der Waals surface area contributed by atoms with E-state index >= 15 is 0 Å². The van der Waals surface area contributed by atoms with Gasteiger partial charge in [0.2, 0.25) is 0 Å². The van der Waals surface area contributed by atoms with Crippen LogP contribution in [0.25, 0.3) is 10.9 Å². The Labute approximate surface area is 98.2 Å². The molecule has 0 bridgehead atoms. The monoisotopic (exact) mass is 236 g/mol.